The van der Waals surface area contributed by atoms with Crippen LogP contribution in [0.25, 0.3) is 0 Å². The quantitative estimate of drug-likeness (QED) is 0.777. The number of nitrogens with zero attached hydrogens (tertiary/aromatic N) is 4. The number of methoxy groups -OCH3 is 1. The summed E-state index contributed by atoms with van der Waals surface area (Å²) in [6, 6.07) is 7.54. The highest BCUT2D eigenvalue weighted by Crippen LogP contribution is 2.25. The van der Waals surface area contributed by atoms with Crippen LogP contribution in [0.1, 0.15) is 24.6 Å². The van der Waals surface area contributed by atoms with E-state index >= 15 is 0 Å². The molecule has 1 aliphatic heterocycles. The number of hydrogen-bond donors (Lipinski definition) is 0. The summed E-state index contributed by atoms with van der Waals surface area (Å²) in [5.41, 5.74) is 2.33. The van der Waals surface area contributed by atoms with E-state index in [0.717, 1.165) is 11.3 Å². The molecule has 26 heavy (non-hydrogen) atoms. The summed E-state index contributed by atoms with van der Waals surface area (Å²) >= 11 is 6.18. The van der Waals surface area contributed by atoms with Gasteiger partial charge in [-0.2, -0.15) is 5.10 Å². The minimum atomic E-state index is -0.656. The third kappa shape index (κ3) is 3.53. The summed E-state index contributed by atoms with van der Waals surface area (Å²) in [5, 5.41) is 8.83. The van der Waals surface area contributed by atoms with Crippen molar-refractivity contribution in [3.8, 4) is 5.75 Å². The standard InChI is InChI=1S/C18H21ClN4O3/c1-4-23-15(13(19)10-20-23)11-22(2)18(24)17-9-14(21-26-17)12-7-5-6-8-16(12)25-3/h5-8,10,17H,4,9,11H2,1-3H3. The Labute approximate surface area is 157 Å². The van der Waals surface area contributed by atoms with Gasteiger partial charge < -0.3 is 14.5 Å². The fourth-order valence-corrected chi connectivity index (χ4v) is 3.12. The summed E-state index contributed by atoms with van der Waals surface area (Å²) in [7, 11) is 3.32. The second-order valence-electron chi connectivity index (χ2n) is 5.99. The summed E-state index contributed by atoms with van der Waals surface area (Å²) in [6.45, 7) is 3.02. The molecule has 0 spiro atoms. The lowest BCUT2D eigenvalue weighted by molar-refractivity contribution is -0.141. The Kier molecular flexibility index (Phi) is 5.46. The number of aryl methyl sites for hydroxylation is 1. The van der Waals surface area contributed by atoms with Gasteiger partial charge in [0, 0.05) is 25.6 Å². The van der Waals surface area contributed by atoms with Gasteiger partial charge in [0.1, 0.15) is 5.75 Å². The number of para-hydroxylation sites is 1. The van der Waals surface area contributed by atoms with Crippen LogP contribution >= 0.6 is 11.6 Å². The first-order valence-electron chi connectivity index (χ1n) is 8.36. The second-order valence-corrected chi connectivity index (χ2v) is 6.39. The molecule has 1 aromatic heterocycles. The highest BCUT2D eigenvalue weighted by atomic mass is 35.5. The number of benzene rings is 1. The number of ether oxygens (including phenoxy) is 1. The molecule has 1 unspecified atom stereocenters. The Bertz CT molecular complexity index is 834. The van der Waals surface area contributed by atoms with Crippen LogP contribution in [0.2, 0.25) is 5.02 Å². The Balaban J connectivity index is 1.67. The number of hydrogen-bond acceptors (Lipinski definition) is 5. The summed E-state index contributed by atoms with van der Waals surface area (Å²) < 4.78 is 7.13. The van der Waals surface area contributed by atoms with Crippen molar-refractivity contribution in [2.24, 2.45) is 5.16 Å². The van der Waals surface area contributed by atoms with Crippen LogP contribution < -0.4 is 4.74 Å². The number of aromatic nitrogens is 2. The molecule has 7 nitrogen and oxygen atoms in total. The molecule has 0 fully saturated rings. The Hall–Kier alpha value is -2.54. The molecule has 1 aromatic carbocycles. The maximum absolute atomic E-state index is 12.7. The van der Waals surface area contributed by atoms with E-state index in [4.69, 9.17) is 21.2 Å². The Morgan fingerprint density at radius 2 is 2.23 bits per heavy atom. The van der Waals surface area contributed by atoms with Gasteiger partial charge in [0.15, 0.2) is 0 Å². The molecule has 0 saturated heterocycles. The fraction of sp³-hybridized carbons (Fsp3) is 0.389. The van der Waals surface area contributed by atoms with Crippen LogP contribution in [0.4, 0.5) is 0 Å². The molecule has 1 atom stereocenters. The molecule has 1 amide bonds. The molecular weight excluding hydrogens is 356 g/mol. The van der Waals surface area contributed by atoms with Crippen LogP contribution in [0.15, 0.2) is 35.6 Å². The van der Waals surface area contributed by atoms with Gasteiger partial charge in [-0.15, -0.1) is 0 Å². The predicted molar refractivity (Wildman–Crippen MR) is 98.4 cm³/mol. The van der Waals surface area contributed by atoms with Crippen LogP contribution in [-0.4, -0.2) is 46.6 Å². The summed E-state index contributed by atoms with van der Waals surface area (Å²) in [5.74, 6) is 0.550. The first-order chi connectivity index (χ1) is 12.5. The van der Waals surface area contributed by atoms with E-state index in [-0.39, 0.29) is 5.91 Å². The maximum Gasteiger partial charge on any atom is 0.267 e. The lowest BCUT2D eigenvalue weighted by atomic mass is 10.0. The number of amides is 1. The minimum Gasteiger partial charge on any atom is -0.496 e. The van der Waals surface area contributed by atoms with Crippen molar-refractivity contribution in [2.45, 2.75) is 32.5 Å². The van der Waals surface area contributed by atoms with Gasteiger partial charge in [0.05, 0.1) is 36.3 Å². The minimum absolute atomic E-state index is 0.154. The van der Waals surface area contributed by atoms with Gasteiger partial charge >= 0.3 is 0 Å². The molecule has 3 rings (SSSR count). The van der Waals surface area contributed by atoms with Crippen molar-refractivity contribution >= 4 is 23.2 Å². The summed E-state index contributed by atoms with van der Waals surface area (Å²) in [4.78, 5) is 19.7. The predicted octanol–water partition coefficient (Wildman–Crippen LogP) is 2.72. The number of likely N-dealkylation sites (N-methyl/N-ethyl adjacent to an activating group) is 1. The van der Waals surface area contributed by atoms with E-state index in [1.165, 1.54) is 0 Å². The zero-order valence-corrected chi connectivity index (χ0v) is 15.7. The van der Waals surface area contributed by atoms with Gasteiger partial charge in [-0.1, -0.05) is 28.9 Å². The first kappa shape index (κ1) is 18.3. The molecule has 0 saturated carbocycles. The average Bonchev–Trinajstić information content (AvgIpc) is 3.28. The highest BCUT2D eigenvalue weighted by molar-refractivity contribution is 6.31. The van der Waals surface area contributed by atoms with Crippen LogP contribution in [0, 0.1) is 0 Å². The largest absolute Gasteiger partial charge is 0.496 e. The maximum atomic E-state index is 12.7. The van der Waals surface area contributed by atoms with E-state index in [1.807, 2.05) is 31.2 Å². The normalized spacial score (nSPS) is 16.2. The Morgan fingerprint density at radius 3 is 2.96 bits per heavy atom. The zero-order valence-electron chi connectivity index (χ0n) is 15.0. The van der Waals surface area contributed by atoms with Crippen molar-refractivity contribution in [3.63, 3.8) is 0 Å². The molecule has 0 radical (unpaired) electrons. The molecule has 0 aliphatic carbocycles. The Morgan fingerprint density at radius 1 is 1.46 bits per heavy atom. The molecule has 0 bridgehead atoms. The van der Waals surface area contributed by atoms with E-state index < -0.39 is 6.10 Å². The van der Waals surface area contributed by atoms with Crippen molar-refractivity contribution < 1.29 is 14.4 Å². The molecule has 8 heteroatoms. The monoisotopic (exact) mass is 376 g/mol. The molecular formula is C18H21ClN4O3. The van der Waals surface area contributed by atoms with Gasteiger partial charge in [-0.3, -0.25) is 9.48 Å². The molecule has 0 N–H and O–H groups in total. The van der Waals surface area contributed by atoms with Crippen LogP contribution in [0.3, 0.4) is 0 Å². The van der Waals surface area contributed by atoms with Crippen molar-refractivity contribution in [1.82, 2.24) is 14.7 Å². The SMILES string of the molecule is CCn1ncc(Cl)c1CN(C)C(=O)C1CC(c2ccccc2OC)=NO1. The molecule has 2 heterocycles. The smallest absolute Gasteiger partial charge is 0.267 e. The number of rotatable bonds is 6. The van der Waals surface area contributed by atoms with Crippen LogP contribution in [-0.2, 0) is 22.7 Å². The number of oxime groups is 1. The van der Waals surface area contributed by atoms with Gasteiger partial charge in [0.2, 0.25) is 6.10 Å². The van der Waals surface area contributed by atoms with Crippen molar-refractivity contribution in [2.75, 3.05) is 14.2 Å². The number of carbonyl (C=O) groups is 1. The lowest BCUT2D eigenvalue weighted by Gasteiger charge is -2.20. The average molecular weight is 377 g/mol. The zero-order chi connectivity index (χ0) is 18.7. The topological polar surface area (TPSA) is 69.0 Å². The van der Waals surface area contributed by atoms with Gasteiger partial charge in [0.25, 0.3) is 5.91 Å². The number of halogens is 1. The van der Waals surface area contributed by atoms with Gasteiger partial charge in [-0.25, -0.2) is 0 Å². The van der Waals surface area contributed by atoms with Crippen molar-refractivity contribution in [1.29, 1.82) is 0 Å². The van der Waals surface area contributed by atoms with Gasteiger partial charge in [-0.05, 0) is 19.1 Å². The molecule has 138 valence electrons. The fourth-order valence-electron chi connectivity index (χ4n) is 2.92. The second kappa shape index (κ2) is 7.78. The first-order valence-corrected chi connectivity index (χ1v) is 8.74. The van der Waals surface area contributed by atoms with E-state index in [9.17, 15) is 4.79 Å². The molecule has 1 aliphatic rings. The van der Waals surface area contributed by atoms with Crippen LogP contribution in [0.5, 0.6) is 5.75 Å². The van der Waals surface area contributed by atoms with E-state index in [1.54, 1.807) is 29.9 Å². The number of carbonyl (C=O) groups excluding carboxylic acids is 1. The van der Waals surface area contributed by atoms with E-state index in [2.05, 4.69) is 10.3 Å². The third-order valence-electron chi connectivity index (χ3n) is 4.32. The lowest BCUT2D eigenvalue weighted by Crippen LogP contribution is -2.36. The molecule has 2 aromatic rings. The summed E-state index contributed by atoms with van der Waals surface area (Å²) in [6.07, 6.45) is 1.33. The van der Waals surface area contributed by atoms with E-state index in [0.29, 0.717) is 36.0 Å². The third-order valence-corrected chi connectivity index (χ3v) is 4.64. The van der Waals surface area contributed by atoms with Crippen molar-refractivity contribution in [3.05, 3.63) is 46.7 Å². The highest BCUT2D eigenvalue weighted by Gasteiger charge is 2.32.